The van der Waals surface area contributed by atoms with Gasteiger partial charge in [0, 0.05) is 6.04 Å². The van der Waals surface area contributed by atoms with Gasteiger partial charge in [-0.1, -0.05) is 38.1 Å². The fraction of sp³-hybridized carbons (Fsp3) is 0.357. The minimum atomic E-state index is -3.56. The number of hydrogen-bond acceptors (Lipinski definition) is 3. The summed E-state index contributed by atoms with van der Waals surface area (Å²) in [6.45, 7) is 6.07. The van der Waals surface area contributed by atoms with Crippen molar-refractivity contribution < 1.29 is 8.42 Å². The molecule has 1 heterocycles. The summed E-state index contributed by atoms with van der Waals surface area (Å²) < 4.78 is 26.8. The molecule has 0 fully saturated rings. The van der Waals surface area contributed by atoms with Crippen LogP contribution in [0.15, 0.2) is 41.6 Å². The van der Waals surface area contributed by atoms with E-state index >= 15 is 0 Å². The molecule has 0 spiro atoms. The van der Waals surface area contributed by atoms with Crippen molar-refractivity contribution in [3.05, 3.63) is 47.7 Å². The normalized spacial score (nSPS) is 13.6. The molecular weight excluding hydrogens is 274 g/mol. The number of rotatable bonds is 5. The van der Waals surface area contributed by atoms with Crippen LogP contribution in [0.25, 0.3) is 0 Å². The average molecular weight is 293 g/mol. The van der Waals surface area contributed by atoms with E-state index in [1.54, 1.807) is 0 Å². The highest BCUT2D eigenvalue weighted by atomic mass is 32.2. The van der Waals surface area contributed by atoms with Crippen molar-refractivity contribution >= 4 is 10.0 Å². The summed E-state index contributed by atoms with van der Waals surface area (Å²) in [4.78, 5) is 0. The molecule has 0 saturated heterocycles. The van der Waals surface area contributed by atoms with Gasteiger partial charge in [-0.25, -0.2) is 13.1 Å². The Hall–Kier alpha value is -1.66. The minimum Gasteiger partial charge on any atom is -0.266 e. The Balaban J connectivity index is 2.14. The third-order valence-electron chi connectivity index (χ3n) is 3.20. The molecule has 0 aliphatic heterocycles. The molecule has 6 heteroatoms. The molecule has 0 amide bonds. The number of hydrogen-bond donors (Lipinski definition) is 2. The number of H-pyrrole nitrogens is 1. The first-order valence-electron chi connectivity index (χ1n) is 6.51. The zero-order chi connectivity index (χ0) is 14.8. The predicted octanol–water partition coefficient (Wildman–Crippen LogP) is 2.57. The van der Waals surface area contributed by atoms with Crippen molar-refractivity contribution in [2.24, 2.45) is 0 Å². The smallest absolute Gasteiger partial charge is 0.258 e. The molecule has 0 radical (unpaired) electrons. The fourth-order valence-electron chi connectivity index (χ4n) is 1.93. The van der Waals surface area contributed by atoms with E-state index in [-0.39, 0.29) is 11.1 Å². The number of nitrogens with one attached hydrogen (secondary N) is 2. The Morgan fingerprint density at radius 1 is 1.05 bits per heavy atom. The van der Waals surface area contributed by atoms with Crippen LogP contribution in [0.4, 0.5) is 0 Å². The predicted molar refractivity (Wildman–Crippen MR) is 77.9 cm³/mol. The molecule has 0 saturated carbocycles. The lowest BCUT2D eigenvalue weighted by Gasteiger charge is -2.15. The van der Waals surface area contributed by atoms with Crippen LogP contribution in [0, 0.1) is 0 Å². The highest BCUT2D eigenvalue weighted by Crippen LogP contribution is 2.19. The summed E-state index contributed by atoms with van der Waals surface area (Å²) in [6.07, 6.45) is 1.41. The van der Waals surface area contributed by atoms with E-state index in [9.17, 15) is 8.42 Å². The summed E-state index contributed by atoms with van der Waals surface area (Å²) in [6, 6.07) is 9.09. The van der Waals surface area contributed by atoms with Gasteiger partial charge in [0.2, 0.25) is 0 Å². The number of benzene rings is 1. The van der Waals surface area contributed by atoms with Gasteiger partial charge in [-0.05, 0) is 30.0 Å². The van der Waals surface area contributed by atoms with Crippen molar-refractivity contribution in [3.8, 4) is 0 Å². The van der Waals surface area contributed by atoms with E-state index in [0.717, 1.165) is 5.56 Å². The molecule has 2 N–H and O–H groups in total. The van der Waals surface area contributed by atoms with Gasteiger partial charge >= 0.3 is 0 Å². The third-order valence-corrected chi connectivity index (χ3v) is 4.67. The van der Waals surface area contributed by atoms with Crippen molar-refractivity contribution in [1.82, 2.24) is 14.9 Å². The first-order chi connectivity index (χ1) is 9.40. The molecule has 0 aliphatic carbocycles. The maximum atomic E-state index is 12.1. The summed E-state index contributed by atoms with van der Waals surface area (Å²) in [5.41, 5.74) is 2.16. The van der Waals surface area contributed by atoms with Crippen LogP contribution in [0.5, 0.6) is 0 Å². The lowest BCUT2D eigenvalue weighted by molar-refractivity contribution is 0.562. The van der Waals surface area contributed by atoms with Crippen molar-refractivity contribution in [3.63, 3.8) is 0 Å². The lowest BCUT2D eigenvalue weighted by atomic mass is 10.00. The van der Waals surface area contributed by atoms with Crippen LogP contribution in [0.1, 0.15) is 43.9 Å². The first kappa shape index (κ1) is 14.7. The second kappa shape index (κ2) is 5.76. The van der Waals surface area contributed by atoms with Gasteiger partial charge in [-0.15, -0.1) is 0 Å². The second-order valence-corrected chi connectivity index (χ2v) is 6.77. The molecule has 5 nitrogen and oxygen atoms in total. The Kier molecular flexibility index (Phi) is 4.25. The van der Waals surface area contributed by atoms with Gasteiger partial charge in [-0.2, -0.15) is 5.10 Å². The zero-order valence-corrected chi connectivity index (χ0v) is 12.6. The Labute approximate surface area is 119 Å². The SMILES string of the molecule is CC(C)c1ccc(C(C)NS(=O)(=O)c2ccn[nH]2)cc1. The highest BCUT2D eigenvalue weighted by Gasteiger charge is 2.19. The van der Waals surface area contributed by atoms with Crippen LogP contribution in [-0.2, 0) is 10.0 Å². The topological polar surface area (TPSA) is 74.8 Å². The van der Waals surface area contributed by atoms with Crippen LogP contribution in [0.3, 0.4) is 0 Å². The van der Waals surface area contributed by atoms with Gasteiger partial charge in [0.1, 0.15) is 0 Å². The molecule has 20 heavy (non-hydrogen) atoms. The molecule has 2 rings (SSSR count). The molecule has 0 bridgehead atoms. The maximum Gasteiger partial charge on any atom is 0.258 e. The van der Waals surface area contributed by atoms with E-state index in [1.165, 1.54) is 17.8 Å². The lowest BCUT2D eigenvalue weighted by Crippen LogP contribution is -2.27. The van der Waals surface area contributed by atoms with Crippen LogP contribution < -0.4 is 4.72 Å². The summed E-state index contributed by atoms with van der Waals surface area (Å²) in [5, 5.41) is 6.19. The molecule has 1 aromatic carbocycles. The summed E-state index contributed by atoms with van der Waals surface area (Å²) in [5.74, 6) is 0.459. The van der Waals surface area contributed by atoms with E-state index in [4.69, 9.17) is 0 Å². The van der Waals surface area contributed by atoms with Crippen LogP contribution >= 0.6 is 0 Å². The number of nitrogens with zero attached hydrogens (tertiary/aromatic N) is 1. The highest BCUT2D eigenvalue weighted by molar-refractivity contribution is 7.89. The number of aromatic amines is 1. The van der Waals surface area contributed by atoms with Gasteiger partial charge in [0.15, 0.2) is 5.03 Å². The molecule has 108 valence electrons. The fourth-order valence-corrected chi connectivity index (χ4v) is 3.07. The van der Waals surface area contributed by atoms with Gasteiger partial charge in [0.25, 0.3) is 10.0 Å². The second-order valence-electron chi connectivity index (χ2n) is 5.09. The molecule has 1 aromatic heterocycles. The largest absolute Gasteiger partial charge is 0.266 e. The summed E-state index contributed by atoms with van der Waals surface area (Å²) in [7, 11) is -3.56. The quantitative estimate of drug-likeness (QED) is 0.889. The van der Waals surface area contributed by atoms with Gasteiger partial charge in [-0.3, -0.25) is 5.10 Å². The third kappa shape index (κ3) is 3.26. The molecule has 2 aromatic rings. The van der Waals surface area contributed by atoms with Crippen LogP contribution in [0.2, 0.25) is 0 Å². The van der Waals surface area contributed by atoms with Gasteiger partial charge in [0.05, 0.1) is 6.20 Å². The summed E-state index contributed by atoms with van der Waals surface area (Å²) >= 11 is 0. The van der Waals surface area contributed by atoms with E-state index in [0.29, 0.717) is 5.92 Å². The molecule has 1 unspecified atom stereocenters. The zero-order valence-electron chi connectivity index (χ0n) is 11.8. The minimum absolute atomic E-state index is 0.0724. The Morgan fingerprint density at radius 2 is 1.65 bits per heavy atom. The van der Waals surface area contributed by atoms with Crippen LogP contribution in [-0.4, -0.2) is 18.6 Å². The molecular formula is C14H19N3O2S. The average Bonchev–Trinajstić information content (AvgIpc) is 2.93. The van der Waals surface area contributed by atoms with Crippen molar-refractivity contribution in [1.29, 1.82) is 0 Å². The van der Waals surface area contributed by atoms with E-state index in [1.807, 2.05) is 31.2 Å². The number of sulfonamides is 1. The first-order valence-corrected chi connectivity index (χ1v) is 8.00. The number of aromatic nitrogens is 2. The Bertz CT molecular complexity index is 646. The Morgan fingerprint density at radius 3 is 2.15 bits per heavy atom. The standard InChI is InChI=1S/C14H19N3O2S/c1-10(2)12-4-6-13(7-5-12)11(3)17-20(18,19)14-8-9-15-16-14/h4-11,17H,1-3H3,(H,15,16). The maximum absolute atomic E-state index is 12.1. The van der Waals surface area contributed by atoms with E-state index in [2.05, 4.69) is 28.8 Å². The monoisotopic (exact) mass is 293 g/mol. The van der Waals surface area contributed by atoms with Crippen molar-refractivity contribution in [2.45, 2.75) is 37.8 Å². The van der Waals surface area contributed by atoms with Crippen molar-refractivity contribution in [2.75, 3.05) is 0 Å². The van der Waals surface area contributed by atoms with E-state index < -0.39 is 10.0 Å². The molecule has 1 atom stereocenters. The molecule has 0 aliphatic rings. The van der Waals surface area contributed by atoms with Gasteiger partial charge < -0.3 is 0 Å².